The molecule has 2 N–H and O–H groups in total. The van der Waals surface area contributed by atoms with Crippen LogP contribution in [-0.4, -0.2) is 59.1 Å². The van der Waals surface area contributed by atoms with E-state index in [2.05, 4.69) is 24.2 Å². The summed E-state index contributed by atoms with van der Waals surface area (Å²) in [4.78, 5) is 24.1. The zero-order valence-corrected chi connectivity index (χ0v) is 11.1. The summed E-state index contributed by atoms with van der Waals surface area (Å²) in [7, 11) is 2.09. The Morgan fingerprint density at radius 1 is 1.47 bits per heavy atom. The van der Waals surface area contributed by atoms with Crippen LogP contribution in [0.4, 0.5) is 0 Å². The highest BCUT2D eigenvalue weighted by atomic mass is 32.2. The van der Waals surface area contributed by atoms with Gasteiger partial charge in [-0.2, -0.15) is 0 Å². The van der Waals surface area contributed by atoms with E-state index in [1.807, 2.05) is 0 Å². The summed E-state index contributed by atoms with van der Waals surface area (Å²) >= 11 is 1.14. The van der Waals surface area contributed by atoms with Crippen molar-refractivity contribution in [2.24, 2.45) is 0 Å². The summed E-state index contributed by atoms with van der Waals surface area (Å²) in [5, 5.41) is 11.4. The third-order valence-electron chi connectivity index (χ3n) is 3.03. The number of nitrogens with zero attached hydrogens (tertiary/aromatic N) is 1. The molecule has 1 aliphatic rings. The standard InChI is InChI=1S/C11H20N2O3S/c1-8-5-9(3-4-13(8)2)12-10(14)6-17-7-11(15)16/h8-9H,3-7H2,1-2H3,(H,12,14)(H,15,16). The van der Waals surface area contributed by atoms with Crippen molar-refractivity contribution in [1.29, 1.82) is 0 Å². The first-order valence-corrected chi connectivity index (χ1v) is 6.93. The van der Waals surface area contributed by atoms with Crippen LogP contribution in [0.1, 0.15) is 19.8 Å². The van der Waals surface area contributed by atoms with Gasteiger partial charge in [0.15, 0.2) is 0 Å². The minimum atomic E-state index is -0.879. The lowest BCUT2D eigenvalue weighted by atomic mass is 9.99. The zero-order chi connectivity index (χ0) is 12.8. The van der Waals surface area contributed by atoms with E-state index in [1.54, 1.807) is 0 Å². The van der Waals surface area contributed by atoms with Gasteiger partial charge in [0.05, 0.1) is 11.5 Å². The topological polar surface area (TPSA) is 69.6 Å². The molecule has 0 aromatic rings. The Morgan fingerprint density at radius 2 is 2.18 bits per heavy atom. The number of carboxylic acid groups (broad SMARTS) is 1. The maximum atomic E-state index is 11.5. The number of hydrogen-bond acceptors (Lipinski definition) is 4. The van der Waals surface area contributed by atoms with Gasteiger partial charge in [0, 0.05) is 18.6 Å². The Bertz CT molecular complexity index is 286. The second kappa shape index (κ2) is 6.86. The molecule has 6 heteroatoms. The number of carboxylic acids is 1. The molecule has 98 valence electrons. The summed E-state index contributed by atoms with van der Waals surface area (Å²) in [6, 6.07) is 0.722. The number of rotatable bonds is 5. The van der Waals surface area contributed by atoms with Gasteiger partial charge in [-0.3, -0.25) is 9.59 Å². The first-order chi connectivity index (χ1) is 7.99. The van der Waals surface area contributed by atoms with Crippen molar-refractivity contribution < 1.29 is 14.7 Å². The molecule has 0 bridgehead atoms. The molecule has 2 unspecified atom stereocenters. The summed E-state index contributed by atoms with van der Waals surface area (Å²) in [5.74, 6) is -0.724. The van der Waals surface area contributed by atoms with Gasteiger partial charge in [0.2, 0.25) is 5.91 Å². The highest BCUT2D eigenvalue weighted by Gasteiger charge is 2.23. The second-order valence-corrected chi connectivity index (χ2v) is 5.49. The minimum absolute atomic E-state index is 0.0166. The fraction of sp³-hybridized carbons (Fsp3) is 0.818. The summed E-state index contributed by atoms with van der Waals surface area (Å²) in [5.41, 5.74) is 0. The van der Waals surface area contributed by atoms with Gasteiger partial charge in [-0.25, -0.2) is 0 Å². The van der Waals surface area contributed by atoms with Gasteiger partial charge in [-0.1, -0.05) is 0 Å². The molecule has 0 spiro atoms. The van der Waals surface area contributed by atoms with Gasteiger partial charge in [0.1, 0.15) is 0 Å². The Hall–Kier alpha value is -0.750. The van der Waals surface area contributed by atoms with E-state index in [0.717, 1.165) is 31.1 Å². The second-order valence-electron chi connectivity index (χ2n) is 4.50. The predicted octanol–water partition coefficient (Wildman–Crippen LogP) is 0.403. The SMILES string of the molecule is CC1CC(NC(=O)CSCC(=O)O)CCN1C. The smallest absolute Gasteiger partial charge is 0.313 e. The number of carbonyl (C=O) groups excluding carboxylic acids is 1. The molecule has 1 amide bonds. The number of nitrogens with one attached hydrogen (secondary N) is 1. The molecule has 1 saturated heterocycles. The molecular formula is C11H20N2O3S. The van der Waals surface area contributed by atoms with Crippen LogP contribution < -0.4 is 5.32 Å². The highest BCUT2D eigenvalue weighted by molar-refractivity contribution is 8.00. The monoisotopic (exact) mass is 260 g/mol. The van der Waals surface area contributed by atoms with Crippen LogP contribution in [0.2, 0.25) is 0 Å². The van der Waals surface area contributed by atoms with Crippen LogP contribution in [0.5, 0.6) is 0 Å². The Kier molecular flexibility index (Phi) is 5.77. The van der Waals surface area contributed by atoms with Crippen LogP contribution in [0, 0.1) is 0 Å². The number of carbonyl (C=O) groups is 2. The van der Waals surface area contributed by atoms with Crippen molar-refractivity contribution in [2.75, 3.05) is 25.1 Å². The highest BCUT2D eigenvalue weighted by Crippen LogP contribution is 2.15. The van der Waals surface area contributed by atoms with E-state index in [1.165, 1.54) is 0 Å². The molecule has 5 nitrogen and oxygen atoms in total. The molecule has 1 heterocycles. The van der Waals surface area contributed by atoms with Crippen LogP contribution >= 0.6 is 11.8 Å². The Labute approximate surface area is 106 Å². The molecule has 0 radical (unpaired) electrons. The van der Waals surface area contributed by atoms with Crippen molar-refractivity contribution in [1.82, 2.24) is 10.2 Å². The lowest BCUT2D eigenvalue weighted by Crippen LogP contribution is -2.47. The van der Waals surface area contributed by atoms with Gasteiger partial charge in [-0.05, 0) is 26.8 Å². The van der Waals surface area contributed by atoms with Gasteiger partial charge < -0.3 is 15.3 Å². The number of thioether (sulfide) groups is 1. The summed E-state index contributed by atoms with van der Waals surface area (Å²) in [6.07, 6.45) is 1.93. The number of aliphatic carboxylic acids is 1. The first kappa shape index (κ1) is 14.3. The van der Waals surface area contributed by atoms with Crippen LogP contribution in [-0.2, 0) is 9.59 Å². The summed E-state index contributed by atoms with van der Waals surface area (Å²) < 4.78 is 0. The van der Waals surface area contributed by atoms with E-state index < -0.39 is 5.97 Å². The molecule has 0 aromatic carbocycles. The molecule has 1 fully saturated rings. The van der Waals surface area contributed by atoms with Crippen LogP contribution in [0.3, 0.4) is 0 Å². The van der Waals surface area contributed by atoms with Crippen LogP contribution in [0.15, 0.2) is 0 Å². The Morgan fingerprint density at radius 3 is 2.76 bits per heavy atom. The molecule has 0 aliphatic carbocycles. The molecule has 0 aromatic heterocycles. The summed E-state index contributed by atoms with van der Waals surface area (Å²) in [6.45, 7) is 3.14. The van der Waals surface area contributed by atoms with E-state index >= 15 is 0 Å². The lowest BCUT2D eigenvalue weighted by molar-refractivity contribution is -0.133. The number of hydrogen-bond donors (Lipinski definition) is 2. The van der Waals surface area contributed by atoms with E-state index in [0.29, 0.717) is 6.04 Å². The van der Waals surface area contributed by atoms with Crippen molar-refractivity contribution >= 4 is 23.6 Å². The normalized spacial score (nSPS) is 25.5. The number of amides is 1. The van der Waals surface area contributed by atoms with Crippen molar-refractivity contribution in [3.63, 3.8) is 0 Å². The Balaban J connectivity index is 2.20. The fourth-order valence-electron chi connectivity index (χ4n) is 1.92. The molecule has 0 saturated carbocycles. The van der Waals surface area contributed by atoms with Crippen molar-refractivity contribution in [2.45, 2.75) is 31.8 Å². The molecule has 1 aliphatic heterocycles. The van der Waals surface area contributed by atoms with Crippen molar-refractivity contribution in [3.8, 4) is 0 Å². The minimum Gasteiger partial charge on any atom is -0.481 e. The fourth-order valence-corrected chi connectivity index (χ4v) is 2.47. The van der Waals surface area contributed by atoms with Crippen molar-refractivity contribution in [3.05, 3.63) is 0 Å². The lowest BCUT2D eigenvalue weighted by Gasteiger charge is -2.35. The first-order valence-electron chi connectivity index (χ1n) is 5.78. The number of piperidine rings is 1. The van der Waals surface area contributed by atoms with Crippen LogP contribution in [0.25, 0.3) is 0 Å². The molecule has 2 atom stereocenters. The third-order valence-corrected chi connectivity index (χ3v) is 3.95. The molecular weight excluding hydrogens is 240 g/mol. The van der Waals surface area contributed by atoms with Gasteiger partial charge >= 0.3 is 5.97 Å². The van der Waals surface area contributed by atoms with E-state index in [4.69, 9.17) is 5.11 Å². The maximum Gasteiger partial charge on any atom is 0.313 e. The van der Waals surface area contributed by atoms with Gasteiger partial charge in [-0.15, -0.1) is 11.8 Å². The van der Waals surface area contributed by atoms with E-state index in [9.17, 15) is 9.59 Å². The quantitative estimate of drug-likeness (QED) is 0.749. The zero-order valence-electron chi connectivity index (χ0n) is 10.3. The van der Waals surface area contributed by atoms with Gasteiger partial charge in [0.25, 0.3) is 0 Å². The number of likely N-dealkylation sites (tertiary alicyclic amines) is 1. The molecule has 17 heavy (non-hydrogen) atoms. The average Bonchev–Trinajstić information content (AvgIpc) is 2.23. The molecule has 1 rings (SSSR count). The predicted molar refractivity (Wildman–Crippen MR) is 68.2 cm³/mol. The third kappa shape index (κ3) is 5.41. The largest absolute Gasteiger partial charge is 0.481 e. The average molecular weight is 260 g/mol. The maximum absolute atomic E-state index is 11.5. The van der Waals surface area contributed by atoms with E-state index in [-0.39, 0.29) is 23.5 Å².